The Kier molecular flexibility index (Phi) is 6.10. The number of nitrogens with one attached hydrogen (secondary N) is 2. The van der Waals surface area contributed by atoms with E-state index in [9.17, 15) is 4.79 Å². The van der Waals surface area contributed by atoms with E-state index in [0.717, 1.165) is 61.5 Å². The summed E-state index contributed by atoms with van der Waals surface area (Å²) in [4.78, 5) is 22.4. The summed E-state index contributed by atoms with van der Waals surface area (Å²) in [6.45, 7) is 2.41. The molecule has 6 heteroatoms. The third kappa shape index (κ3) is 4.77. The van der Waals surface area contributed by atoms with Crippen molar-refractivity contribution in [1.82, 2.24) is 20.2 Å². The summed E-state index contributed by atoms with van der Waals surface area (Å²) in [5.41, 5.74) is 3.23. The third-order valence-corrected chi connectivity index (χ3v) is 5.60. The van der Waals surface area contributed by atoms with Gasteiger partial charge >= 0.3 is 0 Å². The van der Waals surface area contributed by atoms with Crippen molar-refractivity contribution in [3.63, 3.8) is 0 Å². The lowest BCUT2D eigenvalue weighted by Gasteiger charge is -2.24. The van der Waals surface area contributed by atoms with E-state index in [2.05, 4.69) is 21.4 Å². The van der Waals surface area contributed by atoms with Crippen molar-refractivity contribution in [2.45, 2.75) is 38.3 Å². The van der Waals surface area contributed by atoms with Crippen molar-refractivity contribution in [3.8, 4) is 5.75 Å². The van der Waals surface area contributed by atoms with Gasteiger partial charge in [-0.2, -0.15) is 0 Å². The first kappa shape index (κ1) is 19.5. The van der Waals surface area contributed by atoms with Gasteiger partial charge in [0.05, 0.1) is 18.1 Å². The van der Waals surface area contributed by atoms with E-state index in [0.29, 0.717) is 12.5 Å². The number of hydrogen-bond acceptors (Lipinski definition) is 4. The lowest BCUT2D eigenvalue weighted by molar-refractivity contribution is -0.129. The second-order valence-electron chi connectivity index (χ2n) is 7.55. The average Bonchev–Trinajstić information content (AvgIpc) is 3.32. The average molecular weight is 393 g/mol. The summed E-state index contributed by atoms with van der Waals surface area (Å²) in [6, 6.07) is 16.4. The molecule has 1 saturated heterocycles. The molecular formula is C23H28N4O2. The highest BCUT2D eigenvalue weighted by molar-refractivity contribution is 5.79. The van der Waals surface area contributed by atoms with Crippen LogP contribution in [0.1, 0.15) is 30.7 Å². The van der Waals surface area contributed by atoms with E-state index >= 15 is 0 Å². The van der Waals surface area contributed by atoms with E-state index in [1.165, 1.54) is 5.56 Å². The van der Waals surface area contributed by atoms with E-state index in [1.807, 2.05) is 47.4 Å². The van der Waals surface area contributed by atoms with Crippen LogP contribution in [0.2, 0.25) is 0 Å². The Bertz CT molecular complexity index is 935. The quantitative estimate of drug-likeness (QED) is 0.548. The fraction of sp³-hybridized carbons (Fsp3) is 0.391. The zero-order valence-corrected chi connectivity index (χ0v) is 16.9. The molecule has 29 heavy (non-hydrogen) atoms. The highest BCUT2D eigenvalue weighted by atomic mass is 16.5. The molecule has 1 aromatic heterocycles. The maximum absolute atomic E-state index is 12.4. The van der Waals surface area contributed by atoms with Gasteiger partial charge in [0, 0.05) is 32.0 Å². The number of carbonyl (C=O) groups excluding carboxylic acids is 1. The number of amides is 1. The van der Waals surface area contributed by atoms with E-state index in [4.69, 9.17) is 4.74 Å². The molecule has 1 fully saturated rings. The van der Waals surface area contributed by atoms with Crippen molar-refractivity contribution >= 4 is 16.9 Å². The Morgan fingerprint density at radius 3 is 3.00 bits per heavy atom. The van der Waals surface area contributed by atoms with Crippen LogP contribution in [0.15, 0.2) is 48.5 Å². The molecule has 0 spiro atoms. The van der Waals surface area contributed by atoms with Crippen LogP contribution in [-0.2, 0) is 17.8 Å². The summed E-state index contributed by atoms with van der Waals surface area (Å²) in [5, 5.41) is 3.49. The van der Waals surface area contributed by atoms with E-state index < -0.39 is 0 Å². The second kappa shape index (κ2) is 9.09. The minimum atomic E-state index is 0.263. The van der Waals surface area contributed by atoms with Crippen LogP contribution in [0, 0.1) is 0 Å². The van der Waals surface area contributed by atoms with Gasteiger partial charge in [0.1, 0.15) is 11.6 Å². The number of imidazole rings is 1. The number of hydrogen-bond donors (Lipinski definition) is 2. The van der Waals surface area contributed by atoms with Crippen LogP contribution in [-0.4, -0.2) is 47.0 Å². The number of para-hydroxylation sites is 2. The van der Waals surface area contributed by atoms with Gasteiger partial charge in [0.15, 0.2) is 0 Å². The van der Waals surface area contributed by atoms with Gasteiger partial charge in [-0.25, -0.2) is 4.98 Å². The molecule has 2 N–H and O–H groups in total. The van der Waals surface area contributed by atoms with Crippen LogP contribution >= 0.6 is 0 Å². The largest absolute Gasteiger partial charge is 0.497 e. The number of aromatic nitrogens is 2. The first-order valence-electron chi connectivity index (χ1n) is 10.3. The van der Waals surface area contributed by atoms with Gasteiger partial charge in [0.25, 0.3) is 0 Å². The van der Waals surface area contributed by atoms with E-state index in [-0.39, 0.29) is 5.91 Å². The molecule has 152 valence electrons. The van der Waals surface area contributed by atoms with Crippen molar-refractivity contribution in [2.75, 3.05) is 20.2 Å². The number of carbonyl (C=O) groups is 1. The summed E-state index contributed by atoms with van der Waals surface area (Å²) in [5.74, 6) is 2.09. The normalized spacial score (nSPS) is 16.7. The van der Waals surface area contributed by atoms with Crippen LogP contribution in [0.25, 0.3) is 11.0 Å². The number of rotatable bonds is 9. The van der Waals surface area contributed by atoms with Crippen molar-refractivity contribution < 1.29 is 9.53 Å². The van der Waals surface area contributed by atoms with Crippen LogP contribution < -0.4 is 10.1 Å². The molecule has 0 radical (unpaired) electrons. The van der Waals surface area contributed by atoms with Crippen LogP contribution in [0.3, 0.4) is 0 Å². The van der Waals surface area contributed by atoms with Crippen LogP contribution in [0.4, 0.5) is 0 Å². The van der Waals surface area contributed by atoms with Gasteiger partial charge in [-0.15, -0.1) is 0 Å². The SMILES string of the molecule is COc1cccc(CNCCC2CCC(=O)N2CCc2nc3ccccc3[nH]2)c1. The monoisotopic (exact) mass is 392 g/mol. The Morgan fingerprint density at radius 1 is 1.24 bits per heavy atom. The minimum absolute atomic E-state index is 0.263. The van der Waals surface area contributed by atoms with Gasteiger partial charge in [-0.1, -0.05) is 24.3 Å². The molecule has 1 aliphatic heterocycles. The maximum atomic E-state index is 12.4. The maximum Gasteiger partial charge on any atom is 0.222 e. The summed E-state index contributed by atoms with van der Waals surface area (Å²) >= 11 is 0. The highest BCUT2D eigenvalue weighted by Crippen LogP contribution is 2.22. The predicted molar refractivity (Wildman–Crippen MR) is 114 cm³/mol. The zero-order valence-electron chi connectivity index (χ0n) is 16.9. The molecule has 2 heterocycles. The molecule has 0 bridgehead atoms. The van der Waals surface area contributed by atoms with Crippen molar-refractivity contribution in [2.24, 2.45) is 0 Å². The number of benzene rings is 2. The Morgan fingerprint density at radius 2 is 2.14 bits per heavy atom. The first-order valence-corrected chi connectivity index (χ1v) is 10.3. The fourth-order valence-corrected chi connectivity index (χ4v) is 4.03. The number of methoxy groups -OCH3 is 1. The van der Waals surface area contributed by atoms with Gasteiger partial charge < -0.3 is 19.9 Å². The molecule has 4 rings (SSSR count). The molecule has 0 aliphatic carbocycles. The molecule has 1 amide bonds. The van der Waals surface area contributed by atoms with Crippen molar-refractivity contribution in [1.29, 1.82) is 0 Å². The third-order valence-electron chi connectivity index (χ3n) is 5.60. The predicted octanol–water partition coefficient (Wildman–Crippen LogP) is 3.28. The lowest BCUT2D eigenvalue weighted by atomic mass is 10.1. The van der Waals surface area contributed by atoms with Gasteiger partial charge in [0.2, 0.25) is 5.91 Å². The number of ether oxygens (including phenoxy) is 1. The van der Waals surface area contributed by atoms with Crippen molar-refractivity contribution in [3.05, 3.63) is 59.9 Å². The number of aromatic amines is 1. The molecule has 1 atom stereocenters. The molecule has 1 unspecified atom stereocenters. The molecule has 0 saturated carbocycles. The van der Waals surface area contributed by atoms with Crippen LogP contribution in [0.5, 0.6) is 5.75 Å². The number of likely N-dealkylation sites (tertiary alicyclic amines) is 1. The summed E-state index contributed by atoms with van der Waals surface area (Å²) < 4.78 is 5.27. The molecule has 2 aromatic carbocycles. The number of nitrogens with zero attached hydrogens (tertiary/aromatic N) is 2. The highest BCUT2D eigenvalue weighted by Gasteiger charge is 2.30. The molecule has 6 nitrogen and oxygen atoms in total. The van der Waals surface area contributed by atoms with E-state index in [1.54, 1.807) is 7.11 Å². The standard InChI is InChI=1S/C23H28N4O2/c1-29-19-6-4-5-17(15-19)16-24-13-11-18-9-10-23(28)27(18)14-12-22-25-20-7-2-3-8-21(20)26-22/h2-8,15,18,24H,9-14,16H2,1H3,(H,25,26). The van der Waals surface area contributed by atoms with Gasteiger partial charge in [-0.05, 0) is 49.2 Å². The molecule has 1 aliphatic rings. The van der Waals surface area contributed by atoms with Gasteiger partial charge in [-0.3, -0.25) is 4.79 Å². The Hall–Kier alpha value is -2.86. The Balaban J connectivity index is 1.26. The number of fused-ring (bicyclic) bond motifs is 1. The minimum Gasteiger partial charge on any atom is -0.497 e. The number of H-pyrrole nitrogens is 1. The second-order valence-corrected chi connectivity index (χ2v) is 7.55. The summed E-state index contributed by atoms with van der Waals surface area (Å²) in [7, 11) is 1.68. The molecule has 3 aromatic rings. The smallest absolute Gasteiger partial charge is 0.222 e. The lowest BCUT2D eigenvalue weighted by Crippen LogP contribution is -2.36. The first-order chi connectivity index (χ1) is 14.2. The Labute approximate surface area is 171 Å². The zero-order chi connectivity index (χ0) is 20.1. The summed E-state index contributed by atoms with van der Waals surface area (Å²) in [6.07, 6.45) is 3.32. The topological polar surface area (TPSA) is 70.2 Å². The fourth-order valence-electron chi connectivity index (χ4n) is 4.03. The molecular weight excluding hydrogens is 364 g/mol.